The van der Waals surface area contributed by atoms with Crippen molar-refractivity contribution in [3.8, 4) is 0 Å². The van der Waals surface area contributed by atoms with Gasteiger partial charge >= 0.3 is 21.7 Å². The van der Waals surface area contributed by atoms with Gasteiger partial charge in [0.1, 0.15) is 0 Å². The van der Waals surface area contributed by atoms with Gasteiger partial charge in [0, 0.05) is 0 Å². The third-order valence-electron chi connectivity index (χ3n) is 3.44. The van der Waals surface area contributed by atoms with Gasteiger partial charge in [0.2, 0.25) is 0 Å². The predicted molar refractivity (Wildman–Crippen MR) is 96.9 cm³/mol. The van der Waals surface area contributed by atoms with Crippen molar-refractivity contribution < 1.29 is 46.5 Å². The second-order valence-electron chi connectivity index (χ2n) is 6.63. The Hall–Kier alpha value is -0.696. The first-order valence-corrected chi connectivity index (χ1v) is 7.80. The Morgan fingerprint density at radius 2 is 1.36 bits per heavy atom. The topological polar surface area (TPSA) is 23.8 Å². The standard InChI is InChI=1S/C17H15.C4H10N.2ClH.Ti/c1-2-13-7-3-5-9-15(13)17-12-11-14-8-4-6-10-16(14)17;1-4(2,3)5;;;/h2-12,17H,1H3;5H,1-3H3;2*1H;/q2*-1;;;+2/p-2. The first-order valence-electron chi connectivity index (χ1n) is 7.80. The third-order valence-corrected chi connectivity index (χ3v) is 3.44. The molecule has 1 aliphatic carbocycles. The fraction of sp³-hybridized carbons (Fsp3) is 0.286. The zero-order valence-corrected chi connectivity index (χ0v) is 18.3. The molecular weight excluding hydrogens is 385 g/mol. The molecule has 2 aromatic rings. The van der Waals surface area contributed by atoms with E-state index in [9.17, 15) is 0 Å². The summed E-state index contributed by atoms with van der Waals surface area (Å²) < 4.78 is 0. The molecule has 2 aromatic carbocycles. The minimum Gasteiger partial charge on any atom is -1.00 e. The molecule has 0 saturated heterocycles. The summed E-state index contributed by atoms with van der Waals surface area (Å²) in [6.45, 7) is 7.66. The van der Waals surface area contributed by atoms with Gasteiger partial charge in [-0.1, -0.05) is 70.2 Å². The first kappa shape index (κ1) is 26.5. The van der Waals surface area contributed by atoms with E-state index < -0.39 is 0 Å². The van der Waals surface area contributed by atoms with E-state index in [-0.39, 0.29) is 52.1 Å². The van der Waals surface area contributed by atoms with Gasteiger partial charge in [-0.15, -0.1) is 23.2 Å². The zero-order valence-electron chi connectivity index (χ0n) is 15.2. The monoisotopic (exact) mass is 409 g/mol. The van der Waals surface area contributed by atoms with Crippen LogP contribution in [-0.2, 0) is 21.7 Å². The first-order chi connectivity index (χ1) is 10.4. The van der Waals surface area contributed by atoms with Crippen molar-refractivity contribution in [2.24, 2.45) is 0 Å². The summed E-state index contributed by atoms with van der Waals surface area (Å²) >= 11 is 0. The summed E-state index contributed by atoms with van der Waals surface area (Å²) in [5.74, 6) is 0.415. The van der Waals surface area contributed by atoms with E-state index in [0.717, 1.165) is 0 Å². The summed E-state index contributed by atoms with van der Waals surface area (Å²) in [4.78, 5) is 0. The van der Waals surface area contributed by atoms with Crippen LogP contribution < -0.4 is 24.8 Å². The van der Waals surface area contributed by atoms with E-state index in [0.29, 0.717) is 5.92 Å². The summed E-state index contributed by atoms with van der Waals surface area (Å²) in [6.07, 6.45) is 6.71. The van der Waals surface area contributed by atoms with Gasteiger partial charge in [-0.05, 0) is 17.0 Å². The molecule has 134 valence electrons. The van der Waals surface area contributed by atoms with Crippen molar-refractivity contribution in [2.75, 3.05) is 0 Å². The van der Waals surface area contributed by atoms with E-state index in [1.54, 1.807) is 0 Å². The molecule has 1 nitrogen and oxygen atoms in total. The van der Waals surface area contributed by atoms with Crippen molar-refractivity contribution >= 4 is 6.08 Å². The molecule has 0 aliphatic heterocycles. The van der Waals surface area contributed by atoms with Crippen LogP contribution >= 0.6 is 0 Å². The number of hydrogen-bond donors (Lipinski definition) is 0. The Morgan fingerprint density at radius 3 is 1.92 bits per heavy atom. The number of allylic oxidation sites excluding steroid dienone is 1. The second-order valence-corrected chi connectivity index (χ2v) is 6.63. The molecule has 0 aromatic heterocycles. The zero-order chi connectivity index (χ0) is 16.2. The molecule has 1 aliphatic rings. The fourth-order valence-electron chi connectivity index (χ4n) is 2.58. The van der Waals surface area contributed by atoms with Gasteiger partial charge in [0.05, 0.1) is 0 Å². The smallest absolute Gasteiger partial charge is 1.00 e. The molecule has 0 heterocycles. The van der Waals surface area contributed by atoms with Crippen LogP contribution in [-0.4, -0.2) is 5.54 Å². The Bertz CT molecular complexity index is 657. The fourth-order valence-corrected chi connectivity index (χ4v) is 2.58. The second kappa shape index (κ2) is 11.8. The maximum atomic E-state index is 6.94. The predicted octanol–water partition coefficient (Wildman–Crippen LogP) is 0.260. The number of rotatable bonds is 2. The van der Waals surface area contributed by atoms with Crippen molar-refractivity contribution in [1.29, 1.82) is 0 Å². The third kappa shape index (κ3) is 8.03. The van der Waals surface area contributed by atoms with Gasteiger partial charge in [0.15, 0.2) is 0 Å². The Labute approximate surface area is 180 Å². The Balaban J connectivity index is 0. The maximum Gasteiger partial charge on any atom is 2.00 e. The van der Waals surface area contributed by atoms with Crippen molar-refractivity contribution in [2.45, 2.75) is 39.2 Å². The van der Waals surface area contributed by atoms with Gasteiger partial charge < -0.3 is 30.5 Å². The largest absolute Gasteiger partial charge is 2.00 e. The van der Waals surface area contributed by atoms with Crippen molar-refractivity contribution in [3.05, 3.63) is 89.0 Å². The van der Waals surface area contributed by atoms with Gasteiger partial charge in [0.25, 0.3) is 0 Å². The van der Waals surface area contributed by atoms with Crippen LogP contribution in [0.15, 0.2) is 54.6 Å². The van der Waals surface area contributed by atoms with Gasteiger partial charge in [-0.3, -0.25) is 0 Å². The van der Waals surface area contributed by atoms with Crippen molar-refractivity contribution in [3.63, 3.8) is 0 Å². The Morgan fingerprint density at radius 1 is 0.880 bits per heavy atom. The summed E-state index contributed by atoms with van der Waals surface area (Å²) in [6, 6.07) is 17.3. The van der Waals surface area contributed by atoms with Crippen LogP contribution in [0.2, 0.25) is 0 Å². The molecule has 0 amide bonds. The molecular formula is C21H25Cl2NTi-2. The molecule has 4 heteroatoms. The molecule has 0 bridgehead atoms. The summed E-state index contributed by atoms with van der Waals surface area (Å²) in [5.41, 5.74) is 12.2. The van der Waals surface area contributed by atoms with E-state index in [1.807, 2.05) is 20.8 Å². The van der Waals surface area contributed by atoms with Crippen LogP contribution in [0.3, 0.4) is 0 Å². The minimum atomic E-state index is -0.250. The average Bonchev–Trinajstić information content (AvgIpc) is 2.89. The van der Waals surface area contributed by atoms with Crippen molar-refractivity contribution in [1.82, 2.24) is 0 Å². The molecule has 0 saturated carbocycles. The van der Waals surface area contributed by atoms with E-state index in [4.69, 9.17) is 5.73 Å². The number of nitrogens with one attached hydrogen (secondary N) is 1. The van der Waals surface area contributed by atoms with E-state index in [2.05, 4.69) is 74.0 Å². The van der Waals surface area contributed by atoms with Gasteiger partial charge in [-0.25, -0.2) is 0 Å². The molecule has 0 radical (unpaired) electrons. The van der Waals surface area contributed by atoms with Crippen LogP contribution in [0, 0.1) is 6.42 Å². The maximum absolute atomic E-state index is 6.94. The van der Waals surface area contributed by atoms with Crippen LogP contribution in [0.25, 0.3) is 11.8 Å². The molecule has 3 rings (SSSR count). The minimum absolute atomic E-state index is 0. The average molecular weight is 410 g/mol. The molecule has 0 spiro atoms. The number of fused-ring (bicyclic) bond motifs is 1. The normalized spacial score (nSPS) is 13.9. The van der Waals surface area contributed by atoms with Gasteiger partial charge in [-0.2, -0.15) is 18.1 Å². The quantitative estimate of drug-likeness (QED) is 0.502. The number of hydrogen-bond acceptors (Lipinski definition) is 0. The van der Waals surface area contributed by atoms with Crippen LogP contribution in [0.5, 0.6) is 0 Å². The molecule has 1 unspecified atom stereocenters. The SMILES string of the molecule is CC(C)(C)[NH-].C[CH-]c1ccccc1C1C=Cc2ccccc21.[Cl-].[Cl-].[Ti+2]. The summed E-state index contributed by atoms with van der Waals surface area (Å²) in [7, 11) is 0. The summed E-state index contributed by atoms with van der Waals surface area (Å²) in [5, 5.41) is 0. The van der Waals surface area contributed by atoms with Crippen LogP contribution in [0.1, 0.15) is 55.9 Å². The molecule has 1 atom stereocenters. The Kier molecular flexibility index (Phi) is 12.6. The molecule has 1 N–H and O–H groups in total. The number of benzene rings is 2. The van der Waals surface area contributed by atoms with Crippen LogP contribution in [0.4, 0.5) is 0 Å². The van der Waals surface area contributed by atoms with E-state index in [1.165, 1.54) is 22.3 Å². The number of halogens is 2. The molecule has 25 heavy (non-hydrogen) atoms. The molecule has 0 fully saturated rings. The van der Waals surface area contributed by atoms with E-state index >= 15 is 0 Å².